The Morgan fingerprint density at radius 1 is 0.833 bits per heavy atom. The predicted octanol–water partition coefficient (Wildman–Crippen LogP) is 2.78. The smallest absolute Gasteiger partial charge is 0.309 e. The molecule has 3 N–H and O–H groups in total. The largest absolute Gasteiger partial charge is 0.452 e. The van der Waals surface area contributed by atoms with Crippen molar-refractivity contribution in [2.75, 3.05) is 10.6 Å². The van der Waals surface area contributed by atoms with Gasteiger partial charge in [0.15, 0.2) is 6.10 Å². The maximum atomic E-state index is 12.3. The number of anilines is 2. The molecule has 3 amide bonds. The Hall–Kier alpha value is -3.68. The normalized spacial score (nSPS) is 12.2. The first-order valence-electron chi connectivity index (χ1n) is 9.44. The molecule has 2 aromatic rings. The molecule has 2 rings (SSSR count). The van der Waals surface area contributed by atoms with Crippen molar-refractivity contribution in [2.24, 2.45) is 0 Å². The molecule has 2 atom stereocenters. The first-order valence-corrected chi connectivity index (χ1v) is 9.44. The van der Waals surface area contributed by atoms with Gasteiger partial charge in [0.05, 0.1) is 12.5 Å². The fourth-order valence-corrected chi connectivity index (χ4v) is 2.73. The number of esters is 1. The van der Waals surface area contributed by atoms with Crippen LogP contribution in [0.5, 0.6) is 0 Å². The van der Waals surface area contributed by atoms with E-state index in [1.165, 1.54) is 20.8 Å². The van der Waals surface area contributed by atoms with Crippen LogP contribution in [0.2, 0.25) is 0 Å². The highest BCUT2D eigenvalue weighted by Gasteiger charge is 2.22. The van der Waals surface area contributed by atoms with E-state index in [4.69, 9.17) is 4.74 Å². The Balaban J connectivity index is 1.92. The van der Waals surface area contributed by atoms with E-state index in [1.807, 2.05) is 18.2 Å². The lowest BCUT2D eigenvalue weighted by Crippen LogP contribution is -2.33. The summed E-state index contributed by atoms with van der Waals surface area (Å²) in [4.78, 5) is 47.2. The quantitative estimate of drug-likeness (QED) is 0.578. The van der Waals surface area contributed by atoms with Crippen LogP contribution in [0.25, 0.3) is 0 Å². The summed E-state index contributed by atoms with van der Waals surface area (Å²) in [6.07, 6.45) is -1.13. The number of hydrogen-bond acceptors (Lipinski definition) is 5. The van der Waals surface area contributed by atoms with Gasteiger partial charge in [-0.25, -0.2) is 0 Å². The third kappa shape index (κ3) is 7.38. The van der Waals surface area contributed by atoms with Crippen molar-refractivity contribution >= 4 is 35.1 Å². The maximum Gasteiger partial charge on any atom is 0.309 e. The van der Waals surface area contributed by atoms with E-state index in [0.29, 0.717) is 11.4 Å². The van der Waals surface area contributed by atoms with Crippen LogP contribution in [-0.2, 0) is 23.9 Å². The van der Waals surface area contributed by atoms with Crippen LogP contribution in [0.4, 0.5) is 11.4 Å². The topological polar surface area (TPSA) is 114 Å². The van der Waals surface area contributed by atoms with E-state index in [9.17, 15) is 19.2 Å². The highest BCUT2D eigenvalue weighted by molar-refractivity contribution is 5.95. The minimum Gasteiger partial charge on any atom is -0.452 e. The number of carbonyl (C=O) groups is 4. The van der Waals surface area contributed by atoms with Gasteiger partial charge in [-0.1, -0.05) is 30.3 Å². The number of benzene rings is 2. The van der Waals surface area contributed by atoms with Crippen LogP contribution in [0.1, 0.15) is 38.8 Å². The Labute approximate surface area is 175 Å². The van der Waals surface area contributed by atoms with Crippen LogP contribution in [0, 0.1) is 0 Å². The molecule has 8 heteroatoms. The van der Waals surface area contributed by atoms with Gasteiger partial charge in [-0.2, -0.15) is 0 Å². The zero-order valence-electron chi connectivity index (χ0n) is 17.1. The van der Waals surface area contributed by atoms with E-state index in [0.717, 1.165) is 5.56 Å². The van der Waals surface area contributed by atoms with E-state index in [2.05, 4.69) is 16.0 Å². The van der Waals surface area contributed by atoms with Crippen molar-refractivity contribution in [3.8, 4) is 0 Å². The number of nitrogens with one attached hydrogen (secondary N) is 3. The Bertz CT molecular complexity index is 897. The predicted molar refractivity (Wildman–Crippen MR) is 113 cm³/mol. The SMILES string of the molecule is CC(=O)Nc1ccc(NC(=O)[C@@H](C)OC(=O)C[C@H](NC(C)=O)c2ccccc2)cc1. The molecule has 0 aliphatic carbocycles. The summed E-state index contributed by atoms with van der Waals surface area (Å²) < 4.78 is 5.23. The monoisotopic (exact) mass is 411 g/mol. The van der Waals surface area contributed by atoms with Crippen molar-refractivity contribution in [3.05, 3.63) is 60.2 Å². The fraction of sp³-hybridized carbons (Fsp3) is 0.273. The zero-order valence-corrected chi connectivity index (χ0v) is 17.1. The Kier molecular flexibility index (Phi) is 8.10. The summed E-state index contributed by atoms with van der Waals surface area (Å²) >= 11 is 0. The maximum absolute atomic E-state index is 12.3. The molecule has 2 aromatic carbocycles. The molecular weight excluding hydrogens is 386 g/mol. The van der Waals surface area contributed by atoms with Gasteiger partial charge in [0.25, 0.3) is 5.91 Å². The molecule has 0 radical (unpaired) electrons. The Morgan fingerprint density at radius 2 is 1.40 bits per heavy atom. The molecule has 0 aliphatic rings. The van der Waals surface area contributed by atoms with Crippen molar-refractivity contribution < 1.29 is 23.9 Å². The molecule has 0 spiro atoms. The molecular formula is C22H25N3O5. The molecule has 0 unspecified atom stereocenters. The van der Waals surface area contributed by atoms with E-state index in [-0.39, 0.29) is 18.2 Å². The molecule has 158 valence electrons. The molecule has 0 bridgehead atoms. The lowest BCUT2D eigenvalue weighted by molar-refractivity contribution is -0.153. The van der Waals surface area contributed by atoms with E-state index >= 15 is 0 Å². The molecule has 0 aliphatic heterocycles. The van der Waals surface area contributed by atoms with Crippen molar-refractivity contribution in [1.29, 1.82) is 0 Å². The van der Waals surface area contributed by atoms with Crippen LogP contribution < -0.4 is 16.0 Å². The highest BCUT2D eigenvalue weighted by atomic mass is 16.5. The van der Waals surface area contributed by atoms with Gasteiger partial charge >= 0.3 is 5.97 Å². The summed E-state index contributed by atoms with van der Waals surface area (Å²) in [5.41, 5.74) is 1.86. The summed E-state index contributed by atoms with van der Waals surface area (Å²) in [6, 6.07) is 15.0. The Morgan fingerprint density at radius 3 is 1.93 bits per heavy atom. The summed E-state index contributed by atoms with van der Waals surface area (Å²) in [5, 5.41) is 7.99. The van der Waals surface area contributed by atoms with Crippen LogP contribution in [-0.4, -0.2) is 29.8 Å². The zero-order chi connectivity index (χ0) is 22.1. The lowest BCUT2D eigenvalue weighted by atomic mass is 10.0. The van der Waals surface area contributed by atoms with Gasteiger partial charge in [0.2, 0.25) is 11.8 Å². The summed E-state index contributed by atoms with van der Waals surface area (Å²) in [5.74, 6) is -1.57. The first kappa shape index (κ1) is 22.6. The lowest BCUT2D eigenvalue weighted by Gasteiger charge is -2.19. The molecule has 0 aromatic heterocycles. The molecule has 0 heterocycles. The van der Waals surface area contributed by atoms with Crippen molar-refractivity contribution in [2.45, 2.75) is 39.3 Å². The van der Waals surface area contributed by atoms with Gasteiger partial charge < -0.3 is 20.7 Å². The average molecular weight is 411 g/mol. The second-order valence-electron chi connectivity index (χ2n) is 6.75. The molecule has 0 saturated carbocycles. The third-order valence-electron chi connectivity index (χ3n) is 4.10. The number of rotatable bonds is 8. The van der Waals surface area contributed by atoms with E-state index < -0.39 is 24.0 Å². The average Bonchev–Trinajstić information content (AvgIpc) is 2.68. The van der Waals surface area contributed by atoms with Crippen LogP contribution >= 0.6 is 0 Å². The van der Waals surface area contributed by atoms with Gasteiger partial charge in [0.1, 0.15) is 0 Å². The molecule has 30 heavy (non-hydrogen) atoms. The standard InChI is InChI=1S/C22H25N3O5/c1-14(22(29)25-19-11-9-18(10-12-19)23-15(2)26)30-21(28)13-20(24-16(3)27)17-7-5-4-6-8-17/h4-12,14,20H,13H2,1-3H3,(H,23,26)(H,24,27)(H,25,29)/t14-,20+/m1/s1. The second-order valence-corrected chi connectivity index (χ2v) is 6.75. The fourth-order valence-electron chi connectivity index (χ4n) is 2.73. The van der Waals surface area contributed by atoms with Crippen molar-refractivity contribution in [1.82, 2.24) is 5.32 Å². The first-order chi connectivity index (χ1) is 14.2. The number of amides is 3. The number of ether oxygens (including phenoxy) is 1. The summed E-state index contributed by atoms with van der Waals surface area (Å²) in [6.45, 7) is 4.24. The number of carbonyl (C=O) groups excluding carboxylic acids is 4. The highest BCUT2D eigenvalue weighted by Crippen LogP contribution is 2.18. The van der Waals surface area contributed by atoms with Gasteiger partial charge in [0, 0.05) is 25.2 Å². The number of hydrogen-bond donors (Lipinski definition) is 3. The van der Waals surface area contributed by atoms with Gasteiger partial charge in [-0.15, -0.1) is 0 Å². The molecule has 0 fully saturated rings. The van der Waals surface area contributed by atoms with E-state index in [1.54, 1.807) is 36.4 Å². The van der Waals surface area contributed by atoms with Gasteiger partial charge in [-0.3, -0.25) is 19.2 Å². The molecule has 8 nitrogen and oxygen atoms in total. The van der Waals surface area contributed by atoms with Gasteiger partial charge in [-0.05, 0) is 36.8 Å². The van der Waals surface area contributed by atoms with Crippen molar-refractivity contribution in [3.63, 3.8) is 0 Å². The summed E-state index contributed by atoms with van der Waals surface area (Å²) in [7, 11) is 0. The second kappa shape index (κ2) is 10.8. The van der Waals surface area contributed by atoms with Crippen LogP contribution in [0.15, 0.2) is 54.6 Å². The minimum atomic E-state index is -1.03. The minimum absolute atomic E-state index is 0.105. The molecule has 0 saturated heterocycles. The third-order valence-corrected chi connectivity index (χ3v) is 4.10. The van der Waals surface area contributed by atoms with Crippen LogP contribution in [0.3, 0.4) is 0 Å².